The van der Waals surface area contributed by atoms with E-state index in [-0.39, 0.29) is 11.5 Å². The number of anilines is 1. The van der Waals surface area contributed by atoms with Crippen molar-refractivity contribution in [1.29, 1.82) is 0 Å². The highest BCUT2D eigenvalue weighted by atomic mass is 16.4. The fourth-order valence-electron chi connectivity index (χ4n) is 2.05. The molecule has 20 heavy (non-hydrogen) atoms. The van der Waals surface area contributed by atoms with E-state index >= 15 is 0 Å². The highest BCUT2D eigenvalue weighted by molar-refractivity contribution is 6.09. The van der Waals surface area contributed by atoms with Crippen molar-refractivity contribution < 1.29 is 14.7 Å². The van der Waals surface area contributed by atoms with Crippen LogP contribution >= 0.6 is 0 Å². The average molecular weight is 269 g/mol. The minimum Gasteiger partial charge on any atom is -0.478 e. The first-order valence-corrected chi connectivity index (χ1v) is 6.18. The zero-order chi connectivity index (χ0) is 14.7. The van der Waals surface area contributed by atoms with Gasteiger partial charge in [0, 0.05) is 12.6 Å². The van der Waals surface area contributed by atoms with Crippen molar-refractivity contribution >= 4 is 17.6 Å². The van der Waals surface area contributed by atoms with Crippen LogP contribution in [-0.2, 0) is 0 Å². The van der Waals surface area contributed by atoms with Crippen molar-refractivity contribution in [2.45, 2.75) is 6.92 Å². The second-order valence-corrected chi connectivity index (χ2v) is 4.50. The second-order valence-electron chi connectivity index (χ2n) is 4.50. The number of aromatic carboxylic acids is 1. The summed E-state index contributed by atoms with van der Waals surface area (Å²) in [6, 6.07) is 13.7. The molecule has 0 spiro atoms. The lowest BCUT2D eigenvalue weighted by molar-refractivity contribution is 0.0697. The van der Waals surface area contributed by atoms with Crippen LogP contribution in [0.1, 0.15) is 26.3 Å². The third-order valence-corrected chi connectivity index (χ3v) is 3.18. The first kappa shape index (κ1) is 13.8. The van der Waals surface area contributed by atoms with Gasteiger partial charge in [0.2, 0.25) is 0 Å². The van der Waals surface area contributed by atoms with E-state index in [4.69, 9.17) is 0 Å². The number of benzene rings is 2. The molecule has 0 unspecified atom stereocenters. The third kappa shape index (κ3) is 2.54. The number of hydrogen-bond acceptors (Lipinski definition) is 2. The van der Waals surface area contributed by atoms with E-state index in [0.717, 1.165) is 5.56 Å². The molecule has 0 aromatic heterocycles. The van der Waals surface area contributed by atoms with E-state index in [1.54, 1.807) is 37.4 Å². The second kappa shape index (κ2) is 5.57. The zero-order valence-corrected chi connectivity index (χ0v) is 11.3. The van der Waals surface area contributed by atoms with Crippen molar-refractivity contribution in [2.75, 3.05) is 11.9 Å². The van der Waals surface area contributed by atoms with Crippen LogP contribution in [0.5, 0.6) is 0 Å². The highest BCUT2D eigenvalue weighted by Crippen LogP contribution is 2.22. The average Bonchev–Trinajstić information content (AvgIpc) is 2.46. The van der Waals surface area contributed by atoms with Crippen LogP contribution in [0.3, 0.4) is 0 Å². The van der Waals surface area contributed by atoms with Crippen LogP contribution in [-0.4, -0.2) is 24.0 Å². The van der Waals surface area contributed by atoms with Crippen LogP contribution in [0.25, 0.3) is 0 Å². The molecule has 1 N–H and O–H groups in total. The van der Waals surface area contributed by atoms with E-state index < -0.39 is 5.97 Å². The molecule has 2 aromatic carbocycles. The number of aryl methyl sites for hydroxylation is 1. The number of rotatable bonds is 3. The molecule has 1 amide bonds. The van der Waals surface area contributed by atoms with E-state index in [0.29, 0.717) is 11.3 Å². The Morgan fingerprint density at radius 3 is 2.10 bits per heavy atom. The SMILES string of the molecule is Cc1ccccc1C(=O)N(C)c1ccccc1C(=O)O. The summed E-state index contributed by atoms with van der Waals surface area (Å²) in [6.45, 7) is 1.85. The van der Waals surface area contributed by atoms with Crippen LogP contribution in [0.4, 0.5) is 5.69 Å². The van der Waals surface area contributed by atoms with Gasteiger partial charge in [0.05, 0.1) is 11.3 Å². The van der Waals surface area contributed by atoms with Gasteiger partial charge in [0.1, 0.15) is 0 Å². The maximum atomic E-state index is 12.5. The summed E-state index contributed by atoms with van der Waals surface area (Å²) in [5.41, 5.74) is 1.91. The highest BCUT2D eigenvalue weighted by Gasteiger charge is 2.19. The number of carboxylic acid groups (broad SMARTS) is 1. The molecule has 2 rings (SSSR count). The Morgan fingerprint density at radius 1 is 0.950 bits per heavy atom. The summed E-state index contributed by atoms with van der Waals surface area (Å²) in [5.74, 6) is -1.28. The summed E-state index contributed by atoms with van der Waals surface area (Å²) in [7, 11) is 1.58. The van der Waals surface area contributed by atoms with Gasteiger partial charge < -0.3 is 10.0 Å². The van der Waals surface area contributed by atoms with Gasteiger partial charge in [-0.05, 0) is 30.7 Å². The van der Waals surface area contributed by atoms with Crippen molar-refractivity contribution in [3.63, 3.8) is 0 Å². The molecule has 102 valence electrons. The molecule has 0 saturated carbocycles. The Balaban J connectivity index is 2.42. The predicted octanol–water partition coefficient (Wildman–Crippen LogP) is 2.97. The molecule has 0 atom stereocenters. The van der Waals surface area contributed by atoms with Crippen molar-refractivity contribution in [2.24, 2.45) is 0 Å². The van der Waals surface area contributed by atoms with Gasteiger partial charge in [-0.1, -0.05) is 30.3 Å². The smallest absolute Gasteiger partial charge is 0.337 e. The number of para-hydroxylation sites is 1. The molecule has 0 fully saturated rings. The Labute approximate surface area is 117 Å². The molecule has 0 saturated heterocycles. The Kier molecular flexibility index (Phi) is 3.84. The van der Waals surface area contributed by atoms with E-state index in [2.05, 4.69) is 0 Å². The number of nitrogens with zero attached hydrogens (tertiary/aromatic N) is 1. The Morgan fingerprint density at radius 2 is 1.50 bits per heavy atom. The zero-order valence-electron chi connectivity index (χ0n) is 11.3. The number of carboxylic acids is 1. The number of carbonyl (C=O) groups is 2. The van der Waals surface area contributed by atoms with Gasteiger partial charge in [-0.15, -0.1) is 0 Å². The van der Waals surface area contributed by atoms with Gasteiger partial charge in [-0.2, -0.15) is 0 Å². The van der Waals surface area contributed by atoms with Gasteiger partial charge >= 0.3 is 5.97 Å². The maximum Gasteiger partial charge on any atom is 0.337 e. The lowest BCUT2D eigenvalue weighted by Crippen LogP contribution is -2.28. The molecular weight excluding hydrogens is 254 g/mol. The first-order valence-electron chi connectivity index (χ1n) is 6.18. The summed E-state index contributed by atoms with van der Waals surface area (Å²) < 4.78 is 0. The van der Waals surface area contributed by atoms with Crippen molar-refractivity contribution in [1.82, 2.24) is 0 Å². The van der Waals surface area contributed by atoms with Crippen LogP contribution in [0.15, 0.2) is 48.5 Å². The summed E-state index contributed by atoms with van der Waals surface area (Å²) in [4.78, 5) is 25.1. The minimum atomic E-state index is -1.05. The van der Waals surface area contributed by atoms with Gasteiger partial charge in [-0.25, -0.2) is 4.79 Å². The number of carbonyl (C=O) groups excluding carboxylic acids is 1. The molecule has 4 nitrogen and oxygen atoms in total. The van der Waals surface area contributed by atoms with Crippen molar-refractivity contribution in [3.8, 4) is 0 Å². The molecule has 4 heteroatoms. The predicted molar refractivity (Wildman–Crippen MR) is 77.3 cm³/mol. The van der Waals surface area contributed by atoms with E-state index in [1.807, 2.05) is 19.1 Å². The molecule has 0 heterocycles. The molecule has 0 aliphatic rings. The van der Waals surface area contributed by atoms with Crippen LogP contribution in [0.2, 0.25) is 0 Å². The topological polar surface area (TPSA) is 57.6 Å². The Bertz CT molecular complexity index is 664. The fraction of sp³-hybridized carbons (Fsp3) is 0.125. The third-order valence-electron chi connectivity index (χ3n) is 3.18. The standard InChI is InChI=1S/C16H15NO3/c1-11-7-3-4-8-12(11)15(18)17(2)14-10-6-5-9-13(14)16(19)20/h3-10H,1-2H3,(H,19,20). The molecule has 0 radical (unpaired) electrons. The van der Waals surface area contributed by atoms with Gasteiger partial charge in [0.25, 0.3) is 5.91 Å². The lowest BCUT2D eigenvalue weighted by atomic mass is 10.1. The van der Waals surface area contributed by atoms with Crippen LogP contribution < -0.4 is 4.90 Å². The summed E-state index contributed by atoms with van der Waals surface area (Å²) in [6.07, 6.45) is 0. The van der Waals surface area contributed by atoms with E-state index in [1.165, 1.54) is 11.0 Å². The van der Waals surface area contributed by atoms with Gasteiger partial charge in [-0.3, -0.25) is 4.79 Å². The first-order chi connectivity index (χ1) is 9.52. The number of amides is 1. The van der Waals surface area contributed by atoms with Crippen molar-refractivity contribution in [3.05, 3.63) is 65.2 Å². The largest absolute Gasteiger partial charge is 0.478 e. The quantitative estimate of drug-likeness (QED) is 0.932. The molecule has 0 aliphatic carbocycles. The fourth-order valence-corrected chi connectivity index (χ4v) is 2.05. The normalized spacial score (nSPS) is 10.1. The lowest BCUT2D eigenvalue weighted by Gasteiger charge is -2.20. The van der Waals surface area contributed by atoms with Gasteiger partial charge in [0.15, 0.2) is 0 Å². The molecule has 0 bridgehead atoms. The van der Waals surface area contributed by atoms with Crippen LogP contribution in [0, 0.1) is 6.92 Å². The monoisotopic (exact) mass is 269 g/mol. The maximum absolute atomic E-state index is 12.5. The van der Waals surface area contributed by atoms with E-state index in [9.17, 15) is 14.7 Å². The molecule has 2 aromatic rings. The number of hydrogen-bond donors (Lipinski definition) is 1. The minimum absolute atomic E-state index is 0.108. The summed E-state index contributed by atoms with van der Waals surface area (Å²) >= 11 is 0. The molecule has 0 aliphatic heterocycles. The Hall–Kier alpha value is -2.62. The summed E-state index contributed by atoms with van der Waals surface area (Å²) in [5, 5.41) is 9.18. The molecular formula is C16H15NO3.